The summed E-state index contributed by atoms with van der Waals surface area (Å²) in [5, 5.41) is 6.95. The van der Waals surface area contributed by atoms with E-state index in [4.69, 9.17) is 4.74 Å². The van der Waals surface area contributed by atoms with Crippen LogP contribution in [0.5, 0.6) is 0 Å². The molecule has 1 heterocycles. The van der Waals surface area contributed by atoms with Crippen molar-refractivity contribution in [1.82, 2.24) is 10.6 Å². The number of ether oxygens (including phenoxy) is 1. The van der Waals surface area contributed by atoms with E-state index in [9.17, 15) is 0 Å². The molecule has 1 aromatic rings. The Kier molecular flexibility index (Phi) is 4.98. The summed E-state index contributed by atoms with van der Waals surface area (Å²) in [6, 6.07) is 11.0. The van der Waals surface area contributed by atoms with Gasteiger partial charge in [-0.1, -0.05) is 30.3 Å². The highest BCUT2D eigenvalue weighted by molar-refractivity contribution is 5.18. The fourth-order valence-electron chi connectivity index (χ4n) is 2.31. The summed E-state index contributed by atoms with van der Waals surface area (Å²) in [4.78, 5) is 0. The van der Waals surface area contributed by atoms with Crippen LogP contribution in [-0.2, 0) is 4.74 Å². The van der Waals surface area contributed by atoms with Gasteiger partial charge in [0.2, 0.25) is 0 Å². The average Bonchev–Trinajstić information content (AvgIpc) is 2.40. The SMILES string of the molecule is CCOC(CC1CNCCN1)c1ccccc1. The zero-order valence-corrected chi connectivity index (χ0v) is 10.5. The van der Waals surface area contributed by atoms with Crippen LogP contribution in [0.3, 0.4) is 0 Å². The maximum absolute atomic E-state index is 5.86. The van der Waals surface area contributed by atoms with Gasteiger partial charge in [-0.15, -0.1) is 0 Å². The van der Waals surface area contributed by atoms with Gasteiger partial charge in [-0.3, -0.25) is 0 Å². The first kappa shape index (κ1) is 12.6. The second kappa shape index (κ2) is 6.74. The molecule has 0 bridgehead atoms. The van der Waals surface area contributed by atoms with Gasteiger partial charge in [0.1, 0.15) is 0 Å². The maximum atomic E-state index is 5.86. The van der Waals surface area contributed by atoms with Crippen molar-refractivity contribution in [2.45, 2.75) is 25.5 Å². The Morgan fingerprint density at radius 1 is 1.29 bits per heavy atom. The molecule has 1 aromatic carbocycles. The van der Waals surface area contributed by atoms with Crippen molar-refractivity contribution < 1.29 is 4.74 Å². The lowest BCUT2D eigenvalue weighted by Crippen LogP contribution is -2.48. The Balaban J connectivity index is 1.96. The summed E-state index contributed by atoms with van der Waals surface area (Å²) in [5.74, 6) is 0. The van der Waals surface area contributed by atoms with Crippen LogP contribution in [-0.4, -0.2) is 32.3 Å². The summed E-state index contributed by atoms with van der Waals surface area (Å²) in [5.41, 5.74) is 1.28. The van der Waals surface area contributed by atoms with E-state index in [-0.39, 0.29) is 6.10 Å². The predicted octanol–water partition coefficient (Wildman–Crippen LogP) is 1.72. The van der Waals surface area contributed by atoms with Crippen molar-refractivity contribution in [3.63, 3.8) is 0 Å². The van der Waals surface area contributed by atoms with Crippen LogP contribution in [0.25, 0.3) is 0 Å². The van der Waals surface area contributed by atoms with E-state index in [0.29, 0.717) is 6.04 Å². The third-order valence-electron chi connectivity index (χ3n) is 3.16. The summed E-state index contributed by atoms with van der Waals surface area (Å²) < 4.78 is 5.86. The monoisotopic (exact) mass is 234 g/mol. The minimum absolute atomic E-state index is 0.207. The largest absolute Gasteiger partial charge is 0.374 e. The fraction of sp³-hybridized carbons (Fsp3) is 0.571. The van der Waals surface area contributed by atoms with Crippen molar-refractivity contribution in [2.24, 2.45) is 0 Å². The molecule has 1 aliphatic rings. The smallest absolute Gasteiger partial charge is 0.0840 e. The number of hydrogen-bond donors (Lipinski definition) is 2. The molecule has 0 amide bonds. The van der Waals surface area contributed by atoms with Gasteiger partial charge in [-0.2, -0.15) is 0 Å². The summed E-state index contributed by atoms with van der Waals surface area (Å²) in [6.45, 7) is 5.98. The highest BCUT2D eigenvalue weighted by Crippen LogP contribution is 2.22. The lowest BCUT2D eigenvalue weighted by molar-refractivity contribution is 0.0471. The van der Waals surface area contributed by atoms with Crippen LogP contribution in [0.1, 0.15) is 25.0 Å². The molecule has 0 spiro atoms. The van der Waals surface area contributed by atoms with E-state index in [2.05, 4.69) is 41.8 Å². The second-order valence-corrected chi connectivity index (χ2v) is 4.45. The van der Waals surface area contributed by atoms with Crippen LogP contribution in [0.4, 0.5) is 0 Å². The van der Waals surface area contributed by atoms with Crippen molar-refractivity contribution >= 4 is 0 Å². The lowest BCUT2D eigenvalue weighted by Gasteiger charge is -2.28. The van der Waals surface area contributed by atoms with Gasteiger partial charge in [0.15, 0.2) is 0 Å². The Bertz CT molecular complexity index is 309. The molecular formula is C14H22N2O. The molecule has 2 N–H and O–H groups in total. The highest BCUT2D eigenvalue weighted by atomic mass is 16.5. The molecule has 2 atom stereocenters. The van der Waals surface area contributed by atoms with Crippen molar-refractivity contribution in [3.8, 4) is 0 Å². The number of piperazine rings is 1. The summed E-state index contributed by atoms with van der Waals surface area (Å²) >= 11 is 0. The van der Waals surface area contributed by atoms with Gasteiger partial charge in [0.05, 0.1) is 6.10 Å². The molecule has 1 fully saturated rings. The number of nitrogens with one attached hydrogen (secondary N) is 2. The van der Waals surface area contributed by atoms with E-state index >= 15 is 0 Å². The third kappa shape index (κ3) is 3.80. The Morgan fingerprint density at radius 2 is 2.12 bits per heavy atom. The topological polar surface area (TPSA) is 33.3 Å². The number of hydrogen-bond acceptors (Lipinski definition) is 3. The normalized spacial score (nSPS) is 22.3. The van der Waals surface area contributed by atoms with Gasteiger partial charge < -0.3 is 15.4 Å². The molecule has 2 unspecified atom stereocenters. The van der Waals surface area contributed by atoms with Crippen LogP contribution >= 0.6 is 0 Å². The van der Waals surface area contributed by atoms with E-state index in [1.807, 2.05) is 6.07 Å². The minimum Gasteiger partial charge on any atom is -0.374 e. The number of rotatable bonds is 5. The molecule has 0 aliphatic carbocycles. The van der Waals surface area contributed by atoms with E-state index in [0.717, 1.165) is 32.7 Å². The third-order valence-corrected chi connectivity index (χ3v) is 3.16. The maximum Gasteiger partial charge on any atom is 0.0840 e. The molecule has 17 heavy (non-hydrogen) atoms. The molecule has 2 rings (SSSR count). The highest BCUT2D eigenvalue weighted by Gasteiger charge is 2.19. The van der Waals surface area contributed by atoms with Crippen molar-refractivity contribution in [3.05, 3.63) is 35.9 Å². The predicted molar refractivity (Wildman–Crippen MR) is 70.1 cm³/mol. The molecule has 3 heteroatoms. The van der Waals surface area contributed by atoms with Crippen LogP contribution in [0.2, 0.25) is 0 Å². The van der Waals surface area contributed by atoms with Gasteiger partial charge in [-0.05, 0) is 18.9 Å². The van der Waals surface area contributed by atoms with Crippen LogP contribution < -0.4 is 10.6 Å². The summed E-state index contributed by atoms with van der Waals surface area (Å²) in [6.07, 6.45) is 1.24. The van der Waals surface area contributed by atoms with Crippen molar-refractivity contribution in [2.75, 3.05) is 26.2 Å². The van der Waals surface area contributed by atoms with Crippen LogP contribution in [0, 0.1) is 0 Å². The Labute approximate surface area is 104 Å². The average molecular weight is 234 g/mol. The Morgan fingerprint density at radius 3 is 2.76 bits per heavy atom. The fourth-order valence-corrected chi connectivity index (χ4v) is 2.31. The molecule has 0 radical (unpaired) electrons. The molecule has 0 aromatic heterocycles. The molecule has 1 aliphatic heterocycles. The van der Waals surface area contributed by atoms with Crippen LogP contribution in [0.15, 0.2) is 30.3 Å². The molecule has 94 valence electrons. The van der Waals surface area contributed by atoms with E-state index in [1.54, 1.807) is 0 Å². The van der Waals surface area contributed by atoms with E-state index in [1.165, 1.54) is 5.56 Å². The minimum atomic E-state index is 0.207. The lowest BCUT2D eigenvalue weighted by atomic mass is 10.0. The quantitative estimate of drug-likeness (QED) is 0.814. The van der Waals surface area contributed by atoms with Crippen molar-refractivity contribution in [1.29, 1.82) is 0 Å². The first-order valence-corrected chi connectivity index (χ1v) is 6.50. The molecule has 1 saturated heterocycles. The standard InChI is InChI=1S/C14H22N2O/c1-2-17-14(12-6-4-3-5-7-12)10-13-11-15-8-9-16-13/h3-7,13-16H,2,8-11H2,1H3. The molecule has 0 saturated carbocycles. The van der Waals surface area contributed by atoms with Gasteiger partial charge in [-0.25, -0.2) is 0 Å². The first-order valence-electron chi connectivity index (χ1n) is 6.50. The zero-order valence-electron chi connectivity index (χ0n) is 10.5. The molecular weight excluding hydrogens is 212 g/mol. The second-order valence-electron chi connectivity index (χ2n) is 4.45. The first-order chi connectivity index (χ1) is 8.40. The zero-order chi connectivity index (χ0) is 11.9. The molecule has 3 nitrogen and oxygen atoms in total. The van der Waals surface area contributed by atoms with Gasteiger partial charge >= 0.3 is 0 Å². The Hall–Kier alpha value is -0.900. The summed E-state index contributed by atoms with van der Waals surface area (Å²) in [7, 11) is 0. The van der Waals surface area contributed by atoms with Gasteiger partial charge in [0, 0.05) is 32.3 Å². The number of benzene rings is 1. The van der Waals surface area contributed by atoms with Gasteiger partial charge in [0.25, 0.3) is 0 Å². The van der Waals surface area contributed by atoms with E-state index < -0.39 is 0 Å².